The Bertz CT molecular complexity index is 129. The molecule has 0 aromatic carbocycles. The molecule has 0 aliphatic heterocycles. The van der Waals surface area contributed by atoms with Crippen LogP contribution in [0.5, 0.6) is 0 Å². The van der Waals surface area contributed by atoms with Crippen LogP contribution in [0.4, 0.5) is 0 Å². The summed E-state index contributed by atoms with van der Waals surface area (Å²) in [7, 11) is 0. The minimum absolute atomic E-state index is 0.747. The molecule has 0 heterocycles. The van der Waals surface area contributed by atoms with Gasteiger partial charge in [0.05, 0.1) is 11.2 Å². The van der Waals surface area contributed by atoms with Gasteiger partial charge >= 0.3 is 0 Å². The smallest absolute Gasteiger partial charge is 0.0927 e. The van der Waals surface area contributed by atoms with Gasteiger partial charge in [-0.05, 0) is 26.7 Å². The minimum Gasteiger partial charge on any atom is -0.387 e. The van der Waals surface area contributed by atoms with Crippen molar-refractivity contribution in [3.8, 4) is 0 Å². The molecule has 2 nitrogen and oxygen atoms in total. The number of hydrogen-bond donors (Lipinski definition) is 2. The van der Waals surface area contributed by atoms with Crippen LogP contribution in [0.2, 0.25) is 0 Å². The van der Waals surface area contributed by atoms with Gasteiger partial charge in [0.2, 0.25) is 0 Å². The third-order valence-electron chi connectivity index (χ3n) is 2.82. The van der Waals surface area contributed by atoms with Crippen molar-refractivity contribution in [2.24, 2.45) is 0 Å². The lowest BCUT2D eigenvalue weighted by molar-refractivity contribution is -0.148. The monoisotopic (exact) mass is 158 g/mol. The first-order valence-corrected chi connectivity index (χ1v) is 4.40. The summed E-state index contributed by atoms with van der Waals surface area (Å²) in [6.45, 7) is 3.39. The van der Waals surface area contributed by atoms with Crippen molar-refractivity contribution in [1.29, 1.82) is 0 Å². The molecule has 0 radical (unpaired) electrons. The van der Waals surface area contributed by atoms with E-state index in [1.165, 1.54) is 6.42 Å². The first-order chi connectivity index (χ1) is 4.96. The van der Waals surface area contributed by atoms with Gasteiger partial charge in [-0.25, -0.2) is 0 Å². The van der Waals surface area contributed by atoms with Gasteiger partial charge in [-0.1, -0.05) is 19.3 Å². The van der Waals surface area contributed by atoms with E-state index < -0.39 is 11.2 Å². The normalized spacial score (nSPS) is 25.1. The molecular weight excluding hydrogens is 140 g/mol. The molecule has 0 atom stereocenters. The Morgan fingerprint density at radius 3 is 1.82 bits per heavy atom. The molecule has 1 aliphatic carbocycles. The molecule has 1 saturated carbocycles. The minimum atomic E-state index is -0.937. The van der Waals surface area contributed by atoms with Crippen LogP contribution in [0.25, 0.3) is 0 Å². The highest BCUT2D eigenvalue weighted by Gasteiger charge is 2.42. The summed E-state index contributed by atoms with van der Waals surface area (Å²) in [5.74, 6) is 0. The summed E-state index contributed by atoms with van der Waals surface area (Å²) in [4.78, 5) is 0. The lowest BCUT2D eigenvalue weighted by Crippen LogP contribution is -2.51. The van der Waals surface area contributed by atoms with E-state index in [0.717, 1.165) is 25.7 Å². The van der Waals surface area contributed by atoms with E-state index in [9.17, 15) is 10.2 Å². The average Bonchev–Trinajstić information content (AvgIpc) is 1.87. The Kier molecular flexibility index (Phi) is 2.26. The molecule has 0 amide bonds. The van der Waals surface area contributed by atoms with Crippen LogP contribution in [0.3, 0.4) is 0 Å². The fourth-order valence-corrected chi connectivity index (χ4v) is 1.75. The van der Waals surface area contributed by atoms with Crippen molar-refractivity contribution in [1.82, 2.24) is 0 Å². The fourth-order valence-electron chi connectivity index (χ4n) is 1.75. The maximum Gasteiger partial charge on any atom is 0.0927 e. The molecular formula is C9H18O2. The molecule has 2 heteroatoms. The van der Waals surface area contributed by atoms with Crippen molar-refractivity contribution >= 4 is 0 Å². The summed E-state index contributed by atoms with van der Waals surface area (Å²) >= 11 is 0. The van der Waals surface area contributed by atoms with E-state index in [1.807, 2.05) is 0 Å². The Labute approximate surface area is 68.2 Å². The molecule has 0 aromatic rings. The fraction of sp³-hybridized carbons (Fsp3) is 1.00. The first-order valence-electron chi connectivity index (χ1n) is 4.40. The summed E-state index contributed by atoms with van der Waals surface area (Å²) < 4.78 is 0. The standard InChI is InChI=1S/C9H18O2/c1-8(2,10)9(11)6-4-3-5-7-9/h10-11H,3-7H2,1-2H3. The summed E-state index contributed by atoms with van der Waals surface area (Å²) in [6, 6.07) is 0. The Morgan fingerprint density at radius 1 is 1.09 bits per heavy atom. The molecule has 0 unspecified atom stereocenters. The van der Waals surface area contributed by atoms with Crippen LogP contribution in [0.15, 0.2) is 0 Å². The topological polar surface area (TPSA) is 40.5 Å². The van der Waals surface area contributed by atoms with Gasteiger partial charge in [0.25, 0.3) is 0 Å². The quantitative estimate of drug-likeness (QED) is 0.606. The molecule has 0 spiro atoms. The predicted molar refractivity (Wildman–Crippen MR) is 44.3 cm³/mol. The number of hydrogen-bond acceptors (Lipinski definition) is 2. The zero-order chi connectivity index (χ0) is 8.54. The second-order valence-corrected chi connectivity index (χ2v) is 4.15. The van der Waals surface area contributed by atoms with Crippen LogP contribution >= 0.6 is 0 Å². The summed E-state index contributed by atoms with van der Waals surface area (Å²) in [5.41, 5.74) is -1.77. The number of aliphatic hydroxyl groups is 2. The second kappa shape index (κ2) is 2.76. The van der Waals surface area contributed by atoms with Gasteiger partial charge in [0.15, 0.2) is 0 Å². The Morgan fingerprint density at radius 2 is 1.55 bits per heavy atom. The number of rotatable bonds is 1. The van der Waals surface area contributed by atoms with Crippen molar-refractivity contribution in [3.63, 3.8) is 0 Å². The van der Waals surface area contributed by atoms with E-state index in [-0.39, 0.29) is 0 Å². The lowest BCUT2D eigenvalue weighted by atomic mass is 9.74. The predicted octanol–water partition coefficient (Wildman–Crippen LogP) is 1.45. The Balaban J connectivity index is 2.64. The molecule has 0 bridgehead atoms. The molecule has 66 valence electrons. The molecule has 1 rings (SSSR count). The van der Waals surface area contributed by atoms with Crippen LogP contribution in [0.1, 0.15) is 46.0 Å². The third kappa shape index (κ3) is 1.74. The van der Waals surface area contributed by atoms with Crippen molar-refractivity contribution in [2.45, 2.75) is 57.2 Å². The molecule has 2 N–H and O–H groups in total. The second-order valence-electron chi connectivity index (χ2n) is 4.15. The first kappa shape index (κ1) is 9.01. The van der Waals surface area contributed by atoms with Crippen LogP contribution in [-0.4, -0.2) is 21.4 Å². The highest BCUT2D eigenvalue weighted by atomic mass is 16.4. The maximum absolute atomic E-state index is 9.96. The van der Waals surface area contributed by atoms with E-state index in [1.54, 1.807) is 13.8 Å². The van der Waals surface area contributed by atoms with E-state index in [2.05, 4.69) is 0 Å². The van der Waals surface area contributed by atoms with Gasteiger partial charge < -0.3 is 10.2 Å². The molecule has 11 heavy (non-hydrogen) atoms. The average molecular weight is 158 g/mol. The molecule has 0 aromatic heterocycles. The zero-order valence-corrected chi connectivity index (χ0v) is 7.43. The van der Waals surface area contributed by atoms with E-state index in [4.69, 9.17) is 0 Å². The third-order valence-corrected chi connectivity index (χ3v) is 2.82. The molecule has 1 aliphatic rings. The lowest BCUT2D eigenvalue weighted by Gasteiger charge is -2.41. The largest absolute Gasteiger partial charge is 0.387 e. The van der Waals surface area contributed by atoms with Crippen molar-refractivity contribution in [3.05, 3.63) is 0 Å². The molecule has 0 saturated heterocycles. The Hall–Kier alpha value is -0.0800. The van der Waals surface area contributed by atoms with E-state index >= 15 is 0 Å². The van der Waals surface area contributed by atoms with Crippen LogP contribution in [-0.2, 0) is 0 Å². The summed E-state index contributed by atoms with van der Waals surface area (Å²) in [5, 5.41) is 19.6. The highest BCUT2D eigenvalue weighted by Crippen LogP contribution is 2.36. The van der Waals surface area contributed by atoms with Gasteiger partial charge in [0, 0.05) is 0 Å². The van der Waals surface area contributed by atoms with Crippen LogP contribution in [0, 0.1) is 0 Å². The van der Waals surface area contributed by atoms with Gasteiger partial charge in [-0.15, -0.1) is 0 Å². The van der Waals surface area contributed by atoms with Crippen LogP contribution < -0.4 is 0 Å². The van der Waals surface area contributed by atoms with Gasteiger partial charge in [-0.3, -0.25) is 0 Å². The van der Waals surface area contributed by atoms with Crippen molar-refractivity contribution < 1.29 is 10.2 Å². The maximum atomic E-state index is 9.96. The van der Waals surface area contributed by atoms with Crippen molar-refractivity contribution in [2.75, 3.05) is 0 Å². The van der Waals surface area contributed by atoms with E-state index in [0.29, 0.717) is 0 Å². The van der Waals surface area contributed by atoms with Gasteiger partial charge in [0.1, 0.15) is 0 Å². The highest BCUT2D eigenvalue weighted by molar-refractivity contribution is 4.95. The zero-order valence-electron chi connectivity index (χ0n) is 7.43. The summed E-state index contributed by atoms with van der Waals surface area (Å²) in [6.07, 6.45) is 4.77. The molecule has 1 fully saturated rings. The van der Waals surface area contributed by atoms with Gasteiger partial charge in [-0.2, -0.15) is 0 Å². The SMILES string of the molecule is CC(C)(O)C1(O)CCCCC1.